The van der Waals surface area contributed by atoms with Gasteiger partial charge in [0.05, 0.1) is 0 Å². The van der Waals surface area contributed by atoms with Gasteiger partial charge in [-0.25, -0.2) is 4.98 Å². The Hall–Kier alpha value is -1.23. The number of thioether (sulfide) groups is 1. The van der Waals surface area contributed by atoms with Gasteiger partial charge in [-0.3, -0.25) is 0 Å². The SMILES string of the molecule is Nc1cccc2nc(CC3CCSC3)nn12. The normalized spacial score (nSPS) is 20.6. The minimum absolute atomic E-state index is 0.650. The van der Waals surface area contributed by atoms with Crippen molar-refractivity contribution in [2.75, 3.05) is 17.2 Å². The molecule has 2 aromatic heterocycles. The van der Waals surface area contributed by atoms with E-state index in [1.165, 1.54) is 17.9 Å². The van der Waals surface area contributed by atoms with Crippen LogP contribution in [0.25, 0.3) is 5.65 Å². The van der Waals surface area contributed by atoms with E-state index in [0.29, 0.717) is 5.82 Å². The van der Waals surface area contributed by atoms with Crippen LogP contribution in [0.3, 0.4) is 0 Å². The molecular formula is C11H14N4S. The fourth-order valence-electron chi connectivity index (χ4n) is 2.06. The first kappa shape index (κ1) is 9.96. The summed E-state index contributed by atoms with van der Waals surface area (Å²) < 4.78 is 1.72. The quantitative estimate of drug-likeness (QED) is 0.857. The van der Waals surface area contributed by atoms with E-state index in [0.717, 1.165) is 23.8 Å². The second kappa shape index (κ2) is 3.97. The van der Waals surface area contributed by atoms with E-state index in [4.69, 9.17) is 5.73 Å². The van der Waals surface area contributed by atoms with Gasteiger partial charge in [0.25, 0.3) is 0 Å². The zero-order valence-corrected chi connectivity index (χ0v) is 9.78. The van der Waals surface area contributed by atoms with Crippen LogP contribution in [-0.2, 0) is 6.42 Å². The molecule has 0 aromatic carbocycles. The summed E-state index contributed by atoms with van der Waals surface area (Å²) in [7, 11) is 0. The summed E-state index contributed by atoms with van der Waals surface area (Å²) in [6, 6.07) is 5.70. The van der Waals surface area contributed by atoms with E-state index >= 15 is 0 Å². The van der Waals surface area contributed by atoms with Gasteiger partial charge in [-0.1, -0.05) is 6.07 Å². The highest BCUT2D eigenvalue weighted by molar-refractivity contribution is 7.99. The van der Waals surface area contributed by atoms with Crippen LogP contribution in [-0.4, -0.2) is 26.1 Å². The molecule has 84 valence electrons. The summed E-state index contributed by atoms with van der Waals surface area (Å²) in [5.41, 5.74) is 6.68. The Kier molecular flexibility index (Phi) is 2.47. The fourth-order valence-corrected chi connectivity index (χ4v) is 3.34. The molecule has 1 aliphatic rings. The first-order chi connectivity index (χ1) is 7.83. The third-order valence-electron chi connectivity index (χ3n) is 2.93. The Morgan fingerprint density at radius 2 is 2.44 bits per heavy atom. The van der Waals surface area contributed by atoms with Gasteiger partial charge in [-0.2, -0.15) is 16.3 Å². The molecule has 1 atom stereocenters. The smallest absolute Gasteiger partial charge is 0.157 e. The van der Waals surface area contributed by atoms with Crippen molar-refractivity contribution in [2.45, 2.75) is 12.8 Å². The number of rotatable bonds is 2. The lowest BCUT2D eigenvalue weighted by Gasteiger charge is -2.02. The largest absolute Gasteiger partial charge is 0.384 e. The number of nitrogens with two attached hydrogens (primary N) is 1. The van der Waals surface area contributed by atoms with Gasteiger partial charge in [-0.15, -0.1) is 5.10 Å². The predicted molar refractivity (Wildman–Crippen MR) is 66.5 cm³/mol. The fraction of sp³-hybridized carbons (Fsp3) is 0.455. The third kappa shape index (κ3) is 1.75. The van der Waals surface area contributed by atoms with E-state index < -0.39 is 0 Å². The summed E-state index contributed by atoms with van der Waals surface area (Å²) in [6.07, 6.45) is 2.27. The van der Waals surface area contributed by atoms with Gasteiger partial charge in [0.15, 0.2) is 11.5 Å². The number of hydrogen-bond donors (Lipinski definition) is 1. The number of nitrogens with zero attached hydrogens (tertiary/aromatic N) is 3. The molecule has 2 aromatic rings. The van der Waals surface area contributed by atoms with E-state index in [1.807, 2.05) is 30.0 Å². The minimum atomic E-state index is 0.650. The highest BCUT2D eigenvalue weighted by atomic mass is 32.2. The van der Waals surface area contributed by atoms with Gasteiger partial charge in [0.1, 0.15) is 5.82 Å². The zero-order valence-electron chi connectivity index (χ0n) is 8.97. The van der Waals surface area contributed by atoms with Gasteiger partial charge < -0.3 is 5.73 Å². The van der Waals surface area contributed by atoms with Crippen LogP contribution in [0.15, 0.2) is 18.2 Å². The van der Waals surface area contributed by atoms with Gasteiger partial charge >= 0.3 is 0 Å². The lowest BCUT2D eigenvalue weighted by atomic mass is 10.1. The van der Waals surface area contributed by atoms with Crippen LogP contribution < -0.4 is 5.73 Å². The summed E-state index contributed by atoms with van der Waals surface area (Å²) in [5.74, 6) is 4.83. The van der Waals surface area contributed by atoms with Crippen LogP contribution in [0, 0.1) is 5.92 Å². The lowest BCUT2D eigenvalue weighted by molar-refractivity contribution is 0.576. The maximum atomic E-state index is 5.83. The van der Waals surface area contributed by atoms with Crippen molar-refractivity contribution in [3.8, 4) is 0 Å². The van der Waals surface area contributed by atoms with Crippen LogP contribution in [0.1, 0.15) is 12.2 Å². The second-order valence-corrected chi connectivity index (χ2v) is 5.33. The molecule has 1 aliphatic heterocycles. The molecule has 1 unspecified atom stereocenters. The molecule has 3 rings (SSSR count). The number of pyridine rings is 1. The van der Waals surface area contributed by atoms with Crippen LogP contribution in [0.4, 0.5) is 5.82 Å². The molecule has 1 saturated heterocycles. The molecule has 5 heteroatoms. The highest BCUT2D eigenvalue weighted by Crippen LogP contribution is 2.25. The topological polar surface area (TPSA) is 56.2 Å². The molecule has 1 fully saturated rings. The van der Waals surface area contributed by atoms with Crippen molar-refractivity contribution in [3.63, 3.8) is 0 Å². The Labute approximate surface area is 98.2 Å². The van der Waals surface area contributed by atoms with E-state index in [9.17, 15) is 0 Å². The molecule has 0 amide bonds. The average molecular weight is 234 g/mol. The van der Waals surface area contributed by atoms with E-state index in [2.05, 4.69) is 10.1 Å². The maximum Gasteiger partial charge on any atom is 0.157 e. The molecule has 4 nitrogen and oxygen atoms in total. The molecule has 0 spiro atoms. The Morgan fingerprint density at radius 1 is 1.50 bits per heavy atom. The number of nitrogen functional groups attached to an aromatic ring is 1. The second-order valence-electron chi connectivity index (χ2n) is 4.18. The molecule has 0 saturated carbocycles. The molecule has 0 bridgehead atoms. The highest BCUT2D eigenvalue weighted by Gasteiger charge is 2.18. The number of hydrogen-bond acceptors (Lipinski definition) is 4. The standard InChI is InChI=1S/C11H14N4S/c12-9-2-1-3-11-13-10(14-15(9)11)6-8-4-5-16-7-8/h1-3,8H,4-7,12H2. The Balaban J connectivity index is 1.90. The van der Waals surface area contributed by atoms with Crippen molar-refractivity contribution in [1.82, 2.24) is 14.6 Å². The van der Waals surface area contributed by atoms with Gasteiger partial charge in [0, 0.05) is 6.42 Å². The van der Waals surface area contributed by atoms with Gasteiger partial charge in [-0.05, 0) is 36.0 Å². The Morgan fingerprint density at radius 3 is 3.19 bits per heavy atom. The summed E-state index contributed by atoms with van der Waals surface area (Å²) in [6.45, 7) is 0. The van der Waals surface area contributed by atoms with Crippen molar-refractivity contribution < 1.29 is 0 Å². The first-order valence-corrected chi connectivity index (χ1v) is 6.66. The molecule has 16 heavy (non-hydrogen) atoms. The van der Waals surface area contributed by atoms with Crippen molar-refractivity contribution in [3.05, 3.63) is 24.0 Å². The predicted octanol–water partition coefficient (Wildman–Crippen LogP) is 1.61. The van der Waals surface area contributed by atoms with Crippen LogP contribution in [0.5, 0.6) is 0 Å². The van der Waals surface area contributed by atoms with Crippen molar-refractivity contribution in [2.24, 2.45) is 5.92 Å². The van der Waals surface area contributed by atoms with E-state index in [1.54, 1.807) is 4.52 Å². The maximum absolute atomic E-state index is 5.83. The number of aromatic nitrogens is 3. The van der Waals surface area contributed by atoms with Crippen molar-refractivity contribution in [1.29, 1.82) is 0 Å². The zero-order chi connectivity index (χ0) is 11.0. The lowest BCUT2D eigenvalue weighted by Crippen LogP contribution is -2.04. The molecular weight excluding hydrogens is 220 g/mol. The van der Waals surface area contributed by atoms with Crippen molar-refractivity contribution >= 4 is 23.2 Å². The number of fused-ring (bicyclic) bond motifs is 1. The van der Waals surface area contributed by atoms with Crippen LogP contribution in [0.2, 0.25) is 0 Å². The van der Waals surface area contributed by atoms with E-state index in [-0.39, 0.29) is 0 Å². The Bertz CT molecular complexity index is 502. The summed E-state index contributed by atoms with van der Waals surface area (Å²) in [4.78, 5) is 4.50. The van der Waals surface area contributed by atoms with Crippen LogP contribution >= 0.6 is 11.8 Å². The first-order valence-electron chi connectivity index (χ1n) is 5.51. The molecule has 0 aliphatic carbocycles. The summed E-state index contributed by atoms with van der Waals surface area (Å²) >= 11 is 2.02. The molecule has 0 radical (unpaired) electrons. The number of anilines is 1. The molecule has 3 heterocycles. The average Bonchev–Trinajstić information content (AvgIpc) is 2.88. The third-order valence-corrected chi connectivity index (χ3v) is 4.16. The summed E-state index contributed by atoms with van der Waals surface area (Å²) in [5, 5.41) is 4.45. The minimum Gasteiger partial charge on any atom is -0.384 e. The monoisotopic (exact) mass is 234 g/mol. The van der Waals surface area contributed by atoms with Gasteiger partial charge in [0.2, 0.25) is 0 Å². The molecule has 2 N–H and O–H groups in total.